The van der Waals surface area contributed by atoms with Gasteiger partial charge in [0.25, 0.3) is 0 Å². The summed E-state index contributed by atoms with van der Waals surface area (Å²) in [4.78, 5) is 9.10. The molecule has 0 fully saturated rings. The van der Waals surface area contributed by atoms with Gasteiger partial charge in [0.2, 0.25) is 0 Å². The SMILES string of the molecule is CCN/C1=C(\CN)CN=C(C=C(C)N)c2ccc(F)cc2C(C)Oc2cc1cnc2N. The minimum atomic E-state index is -0.512. The van der Waals surface area contributed by atoms with Crippen molar-refractivity contribution in [3.63, 3.8) is 0 Å². The van der Waals surface area contributed by atoms with E-state index in [1.54, 1.807) is 25.3 Å². The molecule has 1 aliphatic rings. The standard InChI is InChI=1S/C23H29FN6O/c1-4-28-22-15-8-21(23(27)30-11-15)31-14(3)19-9-17(24)5-6-18(19)20(7-13(2)26)29-12-16(22)10-25/h5-9,11,14,28H,4,10,12,25-26H2,1-3H3,(H2,27,30)/b13-7?,22-16+,29-20?. The molecule has 8 heteroatoms. The molecule has 1 atom stereocenters. The van der Waals surface area contributed by atoms with Crippen molar-refractivity contribution in [2.24, 2.45) is 16.5 Å². The molecule has 0 spiro atoms. The van der Waals surface area contributed by atoms with Crippen LogP contribution in [0.3, 0.4) is 0 Å². The molecule has 0 aliphatic carbocycles. The van der Waals surface area contributed by atoms with Crippen LogP contribution in [0.1, 0.15) is 43.6 Å². The number of aliphatic imine (C=N–C) groups is 1. The third-order valence-electron chi connectivity index (χ3n) is 4.96. The minimum Gasteiger partial charge on any atom is -0.482 e. The summed E-state index contributed by atoms with van der Waals surface area (Å²) in [6.45, 7) is 6.93. The fourth-order valence-corrected chi connectivity index (χ4v) is 3.50. The third-order valence-corrected chi connectivity index (χ3v) is 4.96. The first kappa shape index (κ1) is 22.3. The van der Waals surface area contributed by atoms with Crippen LogP contribution in [-0.2, 0) is 0 Å². The Hall–Kier alpha value is -3.39. The van der Waals surface area contributed by atoms with E-state index in [9.17, 15) is 4.39 Å². The molecule has 2 bridgehead atoms. The van der Waals surface area contributed by atoms with E-state index in [0.717, 1.165) is 22.4 Å². The molecule has 1 aliphatic heterocycles. The van der Waals surface area contributed by atoms with Crippen molar-refractivity contribution in [1.82, 2.24) is 10.3 Å². The third kappa shape index (κ3) is 5.03. The number of hydrogen-bond acceptors (Lipinski definition) is 7. The Morgan fingerprint density at radius 1 is 1.35 bits per heavy atom. The molecular weight excluding hydrogens is 395 g/mol. The average Bonchev–Trinajstić information content (AvgIpc) is 2.73. The van der Waals surface area contributed by atoms with Gasteiger partial charge in [0, 0.05) is 47.4 Å². The number of nitrogens with one attached hydrogen (secondary N) is 1. The topological polar surface area (TPSA) is 125 Å². The normalized spacial score (nSPS) is 19.5. The molecule has 0 radical (unpaired) electrons. The molecule has 0 saturated carbocycles. The number of ether oxygens (including phenoxy) is 1. The molecule has 0 saturated heterocycles. The number of pyridine rings is 1. The highest BCUT2D eigenvalue weighted by Crippen LogP contribution is 2.32. The number of nitrogens with zero attached hydrogens (tertiary/aromatic N) is 2. The van der Waals surface area contributed by atoms with Gasteiger partial charge in [-0.25, -0.2) is 9.37 Å². The summed E-state index contributed by atoms with van der Waals surface area (Å²) in [7, 11) is 0. The zero-order chi connectivity index (χ0) is 22.5. The Kier molecular flexibility index (Phi) is 6.91. The lowest BCUT2D eigenvalue weighted by Gasteiger charge is -2.22. The second kappa shape index (κ2) is 9.61. The van der Waals surface area contributed by atoms with Crippen molar-refractivity contribution in [1.29, 1.82) is 0 Å². The maximum Gasteiger partial charge on any atom is 0.166 e. The van der Waals surface area contributed by atoms with Gasteiger partial charge in [-0.2, -0.15) is 0 Å². The Balaban J connectivity index is 2.31. The Bertz CT molecular complexity index is 1060. The van der Waals surface area contributed by atoms with Crippen LogP contribution in [0, 0.1) is 5.82 Å². The molecular formula is C23H29FN6O. The van der Waals surface area contributed by atoms with Crippen molar-refractivity contribution in [2.75, 3.05) is 25.4 Å². The monoisotopic (exact) mass is 424 g/mol. The van der Waals surface area contributed by atoms with Gasteiger partial charge >= 0.3 is 0 Å². The average molecular weight is 425 g/mol. The summed E-state index contributed by atoms with van der Waals surface area (Å²) in [6, 6.07) is 6.34. The second-order valence-corrected chi connectivity index (χ2v) is 7.40. The van der Waals surface area contributed by atoms with Gasteiger partial charge in [-0.1, -0.05) is 0 Å². The van der Waals surface area contributed by atoms with Crippen LogP contribution in [0.5, 0.6) is 5.75 Å². The number of allylic oxidation sites excluding steroid dienone is 2. The lowest BCUT2D eigenvalue weighted by atomic mass is 9.97. The molecule has 2 aromatic rings. The lowest BCUT2D eigenvalue weighted by Crippen LogP contribution is -2.21. The number of nitrogen functional groups attached to an aromatic ring is 1. The van der Waals surface area contributed by atoms with E-state index >= 15 is 0 Å². The van der Waals surface area contributed by atoms with E-state index in [4.69, 9.17) is 26.9 Å². The predicted molar refractivity (Wildman–Crippen MR) is 123 cm³/mol. The summed E-state index contributed by atoms with van der Waals surface area (Å²) in [5, 5.41) is 3.36. The molecule has 1 unspecified atom stereocenters. The van der Waals surface area contributed by atoms with Gasteiger partial charge in [-0.3, -0.25) is 4.99 Å². The molecule has 1 aromatic heterocycles. The zero-order valence-electron chi connectivity index (χ0n) is 18.1. The molecule has 31 heavy (non-hydrogen) atoms. The summed E-state index contributed by atoms with van der Waals surface area (Å²) in [6.07, 6.45) is 2.93. The van der Waals surface area contributed by atoms with Gasteiger partial charge in [0.15, 0.2) is 11.6 Å². The summed E-state index contributed by atoms with van der Waals surface area (Å²) < 4.78 is 20.3. The molecule has 2 heterocycles. The first-order valence-electron chi connectivity index (χ1n) is 10.2. The molecule has 3 rings (SSSR count). The zero-order valence-corrected chi connectivity index (χ0v) is 18.1. The fraction of sp³-hybridized carbons (Fsp3) is 0.304. The van der Waals surface area contributed by atoms with Crippen molar-refractivity contribution in [2.45, 2.75) is 26.9 Å². The van der Waals surface area contributed by atoms with Gasteiger partial charge in [-0.15, -0.1) is 0 Å². The number of halogens is 1. The number of fused-ring (bicyclic) bond motifs is 3. The van der Waals surface area contributed by atoms with Crippen LogP contribution in [0.2, 0.25) is 0 Å². The predicted octanol–water partition coefficient (Wildman–Crippen LogP) is 2.89. The highest BCUT2D eigenvalue weighted by molar-refractivity contribution is 6.10. The molecule has 0 amide bonds. The van der Waals surface area contributed by atoms with E-state index in [0.29, 0.717) is 35.8 Å². The number of benzene rings is 1. The van der Waals surface area contributed by atoms with Gasteiger partial charge in [0.1, 0.15) is 11.9 Å². The highest BCUT2D eigenvalue weighted by atomic mass is 19.1. The summed E-state index contributed by atoms with van der Waals surface area (Å²) >= 11 is 0. The molecule has 1 aromatic carbocycles. The number of aromatic nitrogens is 1. The fourth-order valence-electron chi connectivity index (χ4n) is 3.50. The van der Waals surface area contributed by atoms with Crippen molar-refractivity contribution < 1.29 is 9.13 Å². The Morgan fingerprint density at radius 3 is 2.81 bits per heavy atom. The quantitative estimate of drug-likeness (QED) is 0.598. The second-order valence-electron chi connectivity index (χ2n) is 7.40. The highest BCUT2D eigenvalue weighted by Gasteiger charge is 2.20. The number of nitrogens with two attached hydrogens (primary N) is 3. The van der Waals surface area contributed by atoms with Crippen LogP contribution in [0.15, 0.2) is 52.8 Å². The lowest BCUT2D eigenvalue weighted by molar-refractivity contribution is 0.227. The van der Waals surface area contributed by atoms with E-state index in [1.807, 2.05) is 19.9 Å². The number of hydrogen-bond donors (Lipinski definition) is 4. The van der Waals surface area contributed by atoms with Crippen molar-refractivity contribution in [3.8, 4) is 5.75 Å². The summed E-state index contributed by atoms with van der Waals surface area (Å²) in [5.74, 6) is 0.296. The first-order valence-corrected chi connectivity index (χ1v) is 10.2. The van der Waals surface area contributed by atoms with Crippen LogP contribution in [-0.4, -0.2) is 30.3 Å². The minimum absolute atomic E-state index is 0.252. The van der Waals surface area contributed by atoms with E-state index in [2.05, 4.69) is 10.3 Å². The summed E-state index contributed by atoms with van der Waals surface area (Å²) in [5.41, 5.74) is 23.2. The van der Waals surface area contributed by atoms with Crippen LogP contribution in [0.4, 0.5) is 10.2 Å². The maximum atomic E-state index is 14.2. The first-order chi connectivity index (χ1) is 14.8. The number of anilines is 1. The van der Waals surface area contributed by atoms with Crippen LogP contribution in [0.25, 0.3) is 5.70 Å². The van der Waals surface area contributed by atoms with Crippen molar-refractivity contribution in [3.05, 3.63) is 70.3 Å². The van der Waals surface area contributed by atoms with E-state index in [-0.39, 0.29) is 18.2 Å². The van der Waals surface area contributed by atoms with E-state index < -0.39 is 6.10 Å². The van der Waals surface area contributed by atoms with Crippen LogP contribution >= 0.6 is 0 Å². The molecule has 164 valence electrons. The smallest absolute Gasteiger partial charge is 0.166 e. The van der Waals surface area contributed by atoms with Crippen molar-refractivity contribution >= 4 is 17.2 Å². The van der Waals surface area contributed by atoms with Gasteiger partial charge in [0.05, 0.1) is 12.3 Å². The maximum absolute atomic E-state index is 14.2. The van der Waals surface area contributed by atoms with Gasteiger partial charge < -0.3 is 27.3 Å². The molecule has 7 N–H and O–H groups in total. The van der Waals surface area contributed by atoms with Crippen LogP contribution < -0.4 is 27.3 Å². The Labute approximate surface area is 181 Å². The molecule has 7 nitrogen and oxygen atoms in total. The Morgan fingerprint density at radius 2 is 2.13 bits per heavy atom. The van der Waals surface area contributed by atoms with E-state index in [1.165, 1.54) is 12.1 Å². The van der Waals surface area contributed by atoms with Gasteiger partial charge in [-0.05, 0) is 56.7 Å². The largest absolute Gasteiger partial charge is 0.482 e. The number of rotatable bonds is 4.